The minimum Gasteiger partial charge on any atom is -0.492 e. The van der Waals surface area contributed by atoms with Gasteiger partial charge in [0.2, 0.25) is 5.91 Å². The fourth-order valence-electron chi connectivity index (χ4n) is 2.86. The van der Waals surface area contributed by atoms with Gasteiger partial charge in [0.25, 0.3) is 0 Å². The molecule has 2 aromatic carbocycles. The molecule has 0 aliphatic carbocycles. The number of rotatable bonds is 6. The van der Waals surface area contributed by atoms with E-state index in [0.29, 0.717) is 19.7 Å². The highest BCUT2D eigenvalue weighted by Gasteiger charge is 2.18. The Kier molecular flexibility index (Phi) is 6.08. The first kappa shape index (κ1) is 19.3. The predicted octanol–water partition coefficient (Wildman–Crippen LogP) is 1.61. The number of halogens is 1. The molecule has 1 aliphatic rings. The fourth-order valence-corrected chi connectivity index (χ4v) is 4.02. The van der Waals surface area contributed by atoms with Crippen LogP contribution in [0.15, 0.2) is 53.4 Å². The maximum Gasteiger partial charge on any atom is 0.234 e. The molecule has 0 bridgehead atoms. The van der Waals surface area contributed by atoms with E-state index in [1.54, 1.807) is 0 Å². The number of hydrogen-bond acceptors (Lipinski definition) is 5. The zero-order valence-electron chi connectivity index (χ0n) is 14.7. The van der Waals surface area contributed by atoms with Crippen LogP contribution in [0, 0.1) is 5.82 Å². The van der Waals surface area contributed by atoms with Crippen LogP contribution in [0.4, 0.5) is 4.39 Å². The molecule has 0 saturated heterocycles. The number of ether oxygens (including phenoxy) is 1. The number of carbonyl (C=O) groups is 1. The third-order valence-corrected chi connectivity index (χ3v) is 6.00. The molecule has 0 radical (unpaired) electrons. The number of fused-ring (bicyclic) bond motifs is 1. The minimum absolute atomic E-state index is 0.000526. The lowest BCUT2D eigenvalue weighted by Gasteiger charge is -2.18. The number of carbonyl (C=O) groups excluding carboxylic acids is 1. The molecule has 0 saturated carbocycles. The van der Waals surface area contributed by atoms with Crippen LogP contribution < -0.4 is 10.1 Å². The number of hydrogen-bond donors (Lipinski definition) is 1. The highest BCUT2D eigenvalue weighted by molar-refractivity contribution is 7.91. The van der Waals surface area contributed by atoms with Gasteiger partial charge in [-0.3, -0.25) is 9.69 Å². The van der Waals surface area contributed by atoms with Crippen LogP contribution in [0.1, 0.15) is 5.56 Å². The summed E-state index contributed by atoms with van der Waals surface area (Å²) in [6, 6.07) is 12.3. The fraction of sp³-hybridized carbons (Fsp3) is 0.316. The van der Waals surface area contributed by atoms with Crippen molar-refractivity contribution in [3.63, 3.8) is 0 Å². The molecule has 1 N–H and O–H groups in total. The Morgan fingerprint density at radius 3 is 2.67 bits per heavy atom. The molecular weight excluding hydrogens is 371 g/mol. The van der Waals surface area contributed by atoms with E-state index in [4.69, 9.17) is 4.74 Å². The first-order valence-electron chi connectivity index (χ1n) is 8.62. The van der Waals surface area contributed by atoms with E-state index in [2.05, 4.69) is 5.32 Å². The molecule has 27 heavy (non-hydrogen) atoms. The molecule has 1 amide bonds. The number of sulfone groups is 1. The summed E-state index contributed by atoms with van der Waals surface area (Å²) in [4.78, 5) is 14.2. The van der Waals surface area contributed by atoms with Gasteiger partial charge in [0.15, 0.2) is 9.84 Å². The summed E-state index contributed by atoms with van der Waals surface area (Å²) in [5, 5.41) is 2.64. The van der Waals surface area contributed by atoms with E-state index >= 15 is 0 Å². The Morgan fingerprint density at radius 2 is 1.89 bits per heavy atom. The molecule has 0 fully saturated rings. The molecule has 8 heteroatoms. The largest absolute Gasteiger partial charge is 0.492 e. The molecule has 6 nitrogen and oxygen atoms in total. The summed E-state index contributed by atoms with van der Waals surface area (Å²) in [5.74, 6) is -0.157. The van der Waals surface area contributed by atoms with Crippen LogP contribution in [0.2, 0.25) is 0 Å². The van der Waals surface area contributed by atoms with Crippen LogP contribution in [0.5, 0.6) is 5.75 Å². The Labute approximate surface area is 157 Å². The third-order valence-electron chi connectivity index (χ3n) is 4.26. The molecule has 0 spiro atoms. The van der Waals surface area contributed by atoms with E-state index in [9.17, 15) is 17.6 Å². The van der Waals surface area contributed by atoms with Crippen LogP contribution in [-0.2, 0) is 21.2 Å². The highest BCUT2D eigenvalue weighted by atomic mass is 32.2. The number of benzene rings is 2. The highest BCUT2D eigenvalue weighted by Crippen LogP contribution is 2.22. The van der Waals surface area contributed by atoms with Crippen molar-refractivity contribution >= 4 is 15.7 Å². The smallest absolute Gasteiger partial charge is 0.234 e. The first-order valence-corrected chi connectivity index (χ1v) is 10.3. The van der Waals surface area contributed by atoms with Gasteiger partial charge in [-0.15, -0.1) is 0 Å². The maximum absolute atomic E-state index is 12.9. The molecular formula is C19H21FN2O4S. The number of nitrogens with one attached hydrogen (secondary N) is 1. The van der Waals surface area contributed by atoms with Crippen LogP contribution in [0.25, 0.3) is 0 Å². The predicted molar refractivity (Wildman–Crippen MR) is 98.7 cm³/mol. The minimum atomic E-state index is -3.57. The van der Waals surface area contributed by atoms with Crippen molar-refractivity contribution in [3.05, 3.63) is 59.9 Å². The molecule has 144 valence electrons. The van der Waals surface area contributed by atoms with Crippen molar-refractivity contribution in [3.8, 4) is 5.75 Å². The van der Waals surface area contributed by atoms with E-state index in [1.807, 2.05) is 29.2 Å². The summed E-state index contributed by atoms with van der Waals surface area (Å²) in [6.07, 6.45) is 0. The topological polar surface area (TPSA) is 75.7 Å². The Bertz CT molecular complexity index is 900. The summed E-state index contributed by atoms with van der Waals surface area (Å²) in [5.41, 5.74) is 1.02. The average molecular weight is 392 g/mol. The Balaban J connectivity index is 1.49. The van der Waals surface area contributed by atoms with Gasteiger partial charge < -0.3 is 10.1 Å². The molecule has 0 aromatic heterocycles. The normalized spacial score (nSPS) is 14.7. The first-order chi connectivity index (χ1) is 12.9. The average Bonchev–Trinajstić information content (AvgIpc) is 2.83. The van der Waals surface area contributed by atoms with Crippen molar-refractivity contribution < 1.29 is 22.3 Å². The van der Waals surface area contributed by atoms with Crippen molar-refractivity contribution in [1.29, 1.82) is 0 Å². The molecule has 1 aliphatic heterocycles. The number of para-hydroxylation sites is 1. The van der Waals surface area contributed by atoms with E-state index in [-0.39, 0.29) is 29.6 Å². The second-order valence-corrected chi connectivity index (χ2v) is 8.40. The monoisotopic (exact) mass is 392 g/mol. The lowest BCUT2D eigenvalue weighted by molar-refractivity contribution is -0.122. The van der Waals surface area contributed by atoms with Crippen LogP contribution in [0.3, 0.4) is 0 Å². The van der Waals surface area contributed by atoms with Gasteiger partial charge in [0.05, 0.1) is 17.2 Å². The van der Waals surface area contributed by atoms with E-state index in [0.717, 1.165) is 23.4 Å². The summed E-state index contributed by atoms with van der Waals surface area (Å²) >= 11 is 0. The maximum atomic E-state index is 12.9. The quantitative estimate of drug-likeness (QED) is 0.756. The molecule has 0 atom stereocenters. The van der Waals surface area contributed by atoms with Gasteiger partial charge in [-0.2, -0.15) is 0 Å². The molecule has 3 rings (SSSR count). The van der Waals surface area contributed by atoms with Crippen molar-refractivity contribution in [2.75, 3.05) is 32.0 Å². The Morgan fingerprint density at radius 1 is 1.15 bits per heavy atom. The summed E-state index contributed by atoms with van der Waals surface area (Å²) < 4.78 is 43.0. The second kappa shape index (κ2) is 8.49. The second-order valence-electron chi connectivity index (χ2n) is 6.29. The zero-order chi connectivity index (χ0) is 19.3. The molecule has 1 heterocycles. The van der Waals surface area contributed by atoms with Crippen molar-refractivity contribution in [1.82, 2.24) is 10.2 Å². The van der Waals surface area contributed by atoms with Gasteiger partial charge in [0, 0.05) is 25.2 Å². The standard InChI is InChI=1S/C19H21FN2O4S/c20-16-5-7-17(8-6-16)27(24,25)12-9-21-19(23)14-22-10-11-26-18-4-2-1-3-15(18)13-22/h1-8H,9-14H2,(H,21,23). The molecule has 0 unspecified atom stereocenters. The lowest BCUT2D eigenvalue weighted by atomic mass is 10.2. The van der Waals surface area contributed by atoms with Gasteiger partial charge in [-0.1, -0.05) is 18.2 Å². The van der Waals surface area contributed by atoms with Gasteiger partial charge >= 0.3 is 0 Å². The molecule has 2 aromatic rings. The number of amides is 1. The van der Waals surface area contributed by atoms with E-state index < -0.39 is 15.7 Å². The summed E-state index contributed by atoms with van der Waals surface area (Å²) in [7, 11) is -3.57. The van der Waals surface area contributed by atoms with E-state index in [1.165, 1.54) is 12.1 Å². The van der Waals surface area contributed by atoms with Gasteiger partial charge in [-0.05, 0) is 30.3 Å². The van der Waals surface area contributed by atoms with Crippen LogP contribution >= 0.6 is 0 Å². The van der Waals surface area contributed by atoms with Gasteiger partial charge in [-0.25, -0.2) is 12.8 Å². The van der Waals surface area contributed by atoms with Gasteiger partial charge in [0.1, 0.15) is 18.2 Å². The Hall–Kier alpha value is -2.45. The SMILES string of the molecule is O=C(CN1CCOc2ccccc2C1)NCCS(=O)(=O)c1ccc(F)cc1. The van der Waals surface area contributed by atoms with Crippen LogP contribution in [-0.4, -0.2) is 51.2 Å². The summed E-state index contributed by atoms with van der Waals surface area (Å²) in [6.45, 7) is 1.85. The number of nitrogens with zero attached hydrogens (tertiary/aromatic N) is 1. The zero-order valence-corrected chi connectivity index (χ0v) is 15.5. The third kappa shape index (κ3) is 5.27. The van der Waals surface area contributed by atoms with Crippen molar-refractivity contribution in [2.24, 2.45) is 0 Å². The van der Waals surface area contributed by atoms with Crippen molar-refractivity contribution in [2.45, 2.75) is 11.4 Å². The lowest BCUT2D eigenvalue weighted by Crippen LogP contribution is -2.39.